The summed E-state index contributed by atoms with van der Waals surface area (Å²) < 4.78 is 8.78. The first-order valence-electron chi connectivity index (χ1n) is 19.4. The lowest BCUT2D eigenvalue weighted by Gasteiger charge is -2.30. The van der Waals surface area contributed by atoms with E-state index in [9.17, 15) is 0 Å². The predicted molar refractivity (Wildman–Crippen MR) is 237 cm³/mol. The lowest BCUT2D eigenvalue weighted by Crippen LogP contribution is -2.73. The third-order valence-corrected chi connectivity index (χ3v) is 16.6. The number of furan rings is 1. The molecule has 0 spiro atoms. The second kappa shape index (κ2) is 12.3. The Morgan fingerprint density at radius 3 is 1.88 bits per heavy atom. The van der Waals surface area contributed by atoms with E-state index in [0.717, 1.165) is 66.4 Å². The number of hydrogen-bond donors (Lipinski definition) is 0. The molecule has 4 nitrogen and oxygen atoms in total. The van der Waals surface area contributed by atoms with Crippen molar-refractivity contribution in [3.8, 4) is 39.5 Å². The van der Waals surface area contributed by atoms with Gasteiger partial charge in [0.05, 0.1) is 22.0 Å². The molecule has 1 aliphatic heterocycles. The van der Waals surface area contributed by atoms with E-state index in [0.29, 0.717) is 5.82 Å². The SMILES string of the molecule is c1ccc(-c2nc(-c3cccc(-n4c5ccccc5c5cc6c(cc54)oc4ccccc46)c3)nc3c2-c2ccccc2[Si]3(c2ccccc2)c2ccccc2)cc1. The van der Waals surface area contributed by atoms with Gasteiger partial charge in [0.15, 0.2) is 5.82 Å². The molecular weight excluding hydrogens is 711 g/mol. The van der Waals surface area contributed by atoms with Crippen LogP contribution in [0.25, 0.3) is 83.2 Å². The Morgan fingerprint density at radius 1 is 0.439 bits per heavy atom. The highest BCUT2D eigenvalue weighted by atomic mass is 28.3. The topological polar surface area (TPSA) is 43.9 Å². The molecule has 4 heterocycles. The maximum Gasteiger partial charge on any atom is 0.203 e. The van der Waals surface area contributed by atoms with Crippen LogP contribution in [-0.2, 0) is 0 Å². The fourth-order valence-electron chi connectivity index (χ4n) is 9.45. The van der Waals surface area contributed by atoms with Crippen LogP contribution in [0.15, 0.2) is 205 Å². The molecule has 8 aromatic carbocycles. The molecule has 1 aliphatic rings. The van der Waals surface area contributed by atoms with Gasteiger partial charge in [-0.1, -0.05) is 164 Å². The summed E-state index contributed by atoms with van der Waals surface area (Å²) in [6.07, 6.45) is 0. The van der Waals surface area contributed by atoms with Crippen LogP contribution >= 0.6 is 0 Å². The minimum absolute atomic E-state index is 0.714. The number of nitrogens with zero attached hydrogens (tertiary/aromatic N) is 3. The van der Waals surface area contributed by atoms with Crippen LogP contribution in [0.4, 0.5) is 0 Å². The standard InChI is InChI=1S/C52H33N3OSi/c1-4-17-34(18-5-1)50-49-41-27-12-15-30-48(41)57(37-21-6-2-7-22-37,38-23-8-3-9-24-38)52(49)54-51(53-50)35-19-16-20-36(31-35)55-44-28-13-10-25-39(44)42-32-43-40-26-11-14-29-46(40)56-47(43)33-45(42)55/h1-33H. The van der Waals surface area contributed by atoms with Crippen molar-refractivity contribution in [2.24, 2.45) is 0 Å². The molecule has 12 rings (SSSR count). The number of benzene rings is 8. The van der Waals surface area contributed by atoms with Crippen LogP contribution in [0.1, 0.15) is 0 Å². The molecule has 11 aromatic rings. The minimum Gasteiger partial charge on any atom is -0.456 e. The van der Waals surface area contributed by atoms with Gasteiger partial charge in [0.2, 0.25) is 8.07 Å². The summed E-state index contributed by atoms with van der Waals surface area (Å²) in [4.78, 5) is 11.3. The molecule has 57 heavy (non-hydrogen) atoms. The van der Waals surface area contributed by atoms with Crippen molar-refractivity contribution in [1.29, 1.82) is 0 Å². The first kappa shape index (κ1) is 32.0. The Morgan fingerprint density at radius 2 is 1.09 bits per heavy atom. The van der Waals surface area contributed by atoms with E-state index in [-0.39, 0.29) is 0 Å². The van der Waals surface area contributed by atoms with Gasteiger partial charge in [-0.3, -0.25) is 0 Å². The Labute approximate surface area is 330 Å². The van der Waals surface area contributed by atoms with E-state index in [1.165, 1.54) is 31.9 Å². The molecule has 0 saturated heterocycles. The highest BCUT2D eigenvalue weighted by molar-refractivity contribution is 7.21. The minimum atomic E-state index is -2.90. The molecular formula is C52H33N3OSi. The summed E-state index contributed by atoms with van der Waals surface area (Å²) in [7, 11) is -2.90. The number of rotatable bonds is 5. The maximum absolute atomic E-state index is 6.43. The Bertz CT molecular complexity index is 3310. The fourth-order valence-corrected chi connectivity index (χ4v) is 14.5. The van der Waals surface area contributed by atoms with Gasteiger partial charge in [-0.15, -0.1) is 0 Å². The zero-order chi connectivity index (χ0) is 37.5. The molecule has 266 valence electrons. The molecule has 5 heteroatoms. The summed E-state index contributed by atoms with van der Waals surface area (Å²) in [6, 6.07) is 71.8. The van der Waals surface area contributed by atoms with E-state index >= 15 is 0 Å². The van der Waals surface area contributed by atoms with Gasteiger partial charge < -0.3 is 8.98 Å². The van der Waals surface area contributed by atoms with Gasteiger partial charge in [0.25, 0.3) is 0 Å². The zero-order valence-corrected chi connectivity index (χ0v) is 31.8. The second-order valence-electron chi connectivity index (χ2n) is 14.9. The van der Waals surface area contributed by atoms with Crippen LogP contribution in [0.3, 0.4) is 0 Å². The predicted octanol–water partition coefficient (Wildman–Crippen LogP) is 10.2. The van der Waals surface area contributed by atoms with Crippen LogP contribution in [0, 0.1) is 0 Å². The third kappa shape index (κ3) is 4.61. The molecule has 0 atom stereocenters. The summed E-state index contributed by atoms with van der Waals surface area (Å²) in [5.41, 5.74) is 10.4. The molecule has 0 saturated carbocycles. The van der Waals surface area contributed by atoms with Crippen molar-refractivity contribution in [1.82, 2.24) is 14.5 Å². The van der Waals surface area contributed by atoms with Crippen molar-refractivity contribution in [2.75, 3.05) is 0 Å². The van der Waals surface area contributed by atoms with Gasteiger partial charge in [0, 0.05) is 50.0 Å². The van der Waals surface area contributed by atoms with Crippen LogP contribution < -0.4 is 20.9 Å². The van der Waals surface area contributed by atoms with Gasteiger partial charge >= 0.3 is 0 Å². The Balaban J connectivity index is 1.14. The van der Waals surface area contributed by atoms with Crippen molar-refractivity contribution in [3.63, 3.8) is 0 Å². The van der Waals surface area contributed by atoms with Crippen molar-refractivity contribution < 1.29 is 4.42 Å². The van der Waals surface area contributed by atoms with Crippen LogP contribution in [-0.4, -0.2) is 22.6 Å². The summed E-state index contributed by atoms with van der Waals surface area (Å²) in [6.45, 7) is 0. The first-order chi connectivity index (χ1) is 28.3. The van der Waals surface area contributed by atoms with Crippen LogP contribution in [0.2, 0.25) is 0 Å². The maximum atomic E-state index is 6.43. The summed E-state index contributed by atoms with van der Waals surface area (Å²) in [5, 5.41) is 9.73. The molecule has 0 amide bonds. The highest BCUT2D eigenvalue weighted by Crippen LogP contribution is 2.40. The number of aromatic nitrogens is 3. The first-order valence-corrected chi connectivity index (χ1v) is 21.4. The normalized spacial score (nSPS) is 13.1. The van der Waals surface area contributed by atoms with Crippen molar-refractivity contribution in [2.45, 2.75) is 0 Å². The molecule has 0 unspecified atom stereocenters. The molecule has 0 radical (unpaired) electrons. The van der Waals surface area contributed by atoms with Crippen molar-refractivity contribution in [3.05, 3.63) is 200 Å². The molecule has 0 N–H and O–H groups in total. The Hall–Kier alpha value is -7.34. The van der Waals surface area contributed by atoms with Gasteiger partial charge in [0.1, 0.15) is 11.2 Å². The second-order valence-corrected chi connectivity index (χ2v) is 18.5. The van der Waals surface area contributed by atoms with Gasteiger partial charge in [-0.25, -0.2) is 9.97 Å². The zero-order valence-electron chi connectivity index (χ0n) is 30.8. The lowest BCUT2D eigenvalue weighted by atomic mass is 10.0. The van der Waals surface area contributed by atoms with Crippen molar-refractivity contribution >= 4 is 72.7 Å². The van der Waals surface area contributed by atoms with E-state index < -0.39 is 8.07 Å². The van der Waals surface area contributed by atoms with E-state index in [2.05, 4.69) is 193 Å². The highest BCUT2D eigenvalue weighted by Gasteiger charge is 2.51. The monoisotopic (exact) mass is 743 g/mol. The van der Waals surface area contributed by atoms with E-state index in [4.69, 9.17) is 14.4 Å². The number of para-hydroxylation sites is 2. The lowest BCUT2D eigenvalue weighted by molar-refractivity contribution is 0.669. The number of hydrogen-bond acceptors (Lipinski definition) is 3. The molecule has 0 bridgehead atoms. The largest absolute Gasteiger partial charge is 0.456 e. The summed E-state index contributed by atoms with van der Waals surface area (Å²) >= 11 is 0. The van der Waals surface area contributed by atoms with E-state index in [1.54, 1.807) is 0 Å². The quantitative estimate of drug-likeness (QED) is 0.165. The Kier molecular flexibility index (Phi) is 6.91. The average molecular weight is 744 g/mol. The molecule has 0 aliphatic carbocycles. The van der Waals surface area contributed by atoms with E-state index in [1.807, 2.05) is 12.1 Å². The van der Waals surface area contributed by atoms with Gasteiger partial charge in [-0.05, 0) is 51.5 Å². The fraction of sp³-hybridized carbons (Fsp3) is 0. The molecule has 3 aromatic heterocycles. The summed E-state index contributed by atoms with van der Waals surface area (Å²) in [5.74, 6) is 0.714. The number of fused-ring (bicyclic) bond motifs is 9. The van der Waals surface area contributed by atoms with Crippen LogP contribution in [0.5, 0.6) is 0 Å². The smallest absolute Gasteiger partial charge is 0.203 e. The molecule has 0 fully saturated rings. The third-order valence-electron chi connectivity index (χ3n) is 11.9. The average Bonchev–Trinajstić information content (AvgIpc) is 3.92. The van der Waals surface area contributed by atoms with Gasteiger partial charge in [-0.2, -0.15) is 0 Å².